The average molecular weight is 203 g/mol. The Morgan fingerprint density at radius 1 is 1.27 bits per heavy atom. The summed E-state index contributed by atoms with van der Waals surface area (Å²) in [5.74, 6) is 0.683. The van der Waals surface area contributed by atoms with Crippen molar-refractivity contribution in [2.45, 2.75) is 6.92 Å². The van der Waals surface area contributed by atoms with Crippen molar-refractivity contribution < 1.29 is 4.39 Å². The van der Waals surface area contributed by atoms with Crippen molar-refractivity contribution in [3.8, 4) is 11.4 Å². The average Bonchev–Trinajstić information content (AvgIpc) is 2.22. The summed E-state index contributed by atoms with van der Waals surface area (Å²) < 4.78 is 13.0. The highest BCUT2D eigenvalue weighted by Crippen LogP contribution is 2.18. The van der Waals surface area contributed by atoms with Crippen LogP contribution in [0.3, 0.4) is 0 Å². The number of benzene rings is 1. The Morgan fingerprint density at radius 2 is 2.07 bits per heavy atom. The Bertz CT molecular complexity index is 497. The molecule has 0 amide bonds. The number of nitrogens with zero attached hydrogens (tertiary/aromatic N) is 2. The topological polar surface area (TPSA) is 51.8 Å². The zero-order valence-corrected chi connectivity index (χ0v) is 8.24. The van der Waals surface area contributed by atoms with Crippen LogP contribution in [0.5, 0.6) is 0 Å². The number of aromatic nitrogens is 2. The third kappa shape index (κ3) is 1.93. The first-order valence-corrected chi connectivity index (χ1v) is 4.52. The fourth-order valence-electron chi connectivity index (χ4n) is 1.30. The molecule has 3 nitrogen and oxygen atoms in total. The van der Waals surface area contributed by atoms with Crippen molar-refractivity contribution in [3.05, 3.63) is 41.8 Å². The van der Waals surface area contributed by atoms with Crippen molar-refractivity contribution in [1.82, 2.24) is 9.97 Å². The van der Waals surface area contributed by atoms with E-state index >= 15 is 0 Å². The third-order valence-corrected chi connectivity index (χ3v) is 2.09. The Morgan fingerprint density at radius 3 is 2.73 bits per heavy atom. The monoisotopic (exact) mass is 203 g/mol. The lowest BCUT2D eigenvalue weighted by Gasteiger charge is -2.02. The van der Waals surface area contributed by atoms with Crippen molar-refractivity contribution >= 4 is 5.82 Å². The van der Waals surface area contributed by atoms with Crippen LogP contribution in [0.4, 0.5) is 10.2 Å². The van der Waals surface area contributed by atoms with Crippen LogP contribution in [0.2, 0.25) is 0 Å². The van der Waals surface area contributed by atoms with Crippen LogP contribution in [-0.4, -0.2) is 9.97 Å². The van der Waals surface area contributed by atoms with Gasteiger partial charge in [-0.05, 0) is 36.8 Å². The van der Waals surface area contributed by atoms with Gasteiger partial charge in [-0.3, -0.25) is 0 Å². The molecule has 1 aromatic heterocycles. The number of hydrogen-bond acceptors (Lipinski definition) is 3. The van der Waals surface area contributed by atoms with Gasteiger partial charge in [-0.1, -0.05) is 0 Å². The molecule has 0 fully saturated rings. The minimum absolute atomic E-state index is 0.234. The van der Waals surface area contributed by atoms with E-state index in [1.54, 1.807) is 31.3 Å². The van der Waals surface area contributed by atoms with Gasteiger partial charge in [0.25, 0.3) is 0 Å². The molecule has 0 aliphatic heterocycles. The lowest BCUT2D eigenvalue weighted by molar-refractivity contribution is 0.618. The molecule has 0 aliphatic rings. The highest BCUT2D eigenvalue weighted by molar-refractivity contribution is 5.57. The first-order chi connectivity index (χ1) is 7.16. The number of hydrogen-bond donors (Lipinski definition) is 1. The molecule has 2 N–H and O–H groups in total. The second-order valence-corrected chi connectivity index (χ2v) is 3.27. The number of nitrogen functional groups attached to an aromatic ring is 1. The van der Waals surface area contributed by atoms with E-state index < -0.39 is 0 Å². The molecule has 0 bridgehead atoms. The normalized spacial score (nSPS) is 10.3. The van der Waals surface area contributed by atoms with Crippen LogP contribution < -0.4 is 5.73 Å². The zero-order chi connectivity index (χ0) is 10.8. The van der Waals surface area contributed by atoms with E-state index in [2.05, 4.69) is 9.97 Å². The molecular formula is C11H10FN3. The molecule has 0 spiro atoms. The Labute approximate surface area is 86.8 Å². The van der Waals surface area contributed by atoms with Crippen LogP contribution in [0.25, 0.3) is 11.4 Å². The minimum Gasteiger partial charge on any atom is -0.384 e. The van der Waals surface area contributed by atoms with E-state index in [9.17, 15) is 4.39 Å². The molecule has 2 rings (SSSR count). The van der Waals surface area contributed by atoms with Gasteiger partial charge in [0.05, 0.1) is 0 Å². The first kappa shape index (κ1) is 9.58. The van der Waals surface area contributed by atoms with Crippen LogP contribution in [-0.2, 0) is 0 Å². The first-order valence-electron chi connectivity index (χ1n) is 4.52. The molecule has 0 unspecified atom stereocenters. The summed E-state index contributed by atoms with van der Waals surface area (Å²) in [4.78, 5) is 8.13. The number of anilines is 1. The van der Waals surface area contributed by atoms with Crippen molar-refractivity contribution in [1.29, 1.82) is 0 Å². The number of rotatable bonds is 1. The summed E-state index contributed by atoms with van der Waals surface area (Å²) in [6.07, 6.45) is 1.58. The summed E-state index contributed by atoms with van der Waals surface area (Å²) in [7, 11) is 0. The second-order valence-electron chi connectivity index (χ2n) is 3.27. The molecule has 0 atom stereocenters. The number of aryl methyl sites for hydroxylation is 1. The van der Waals surface area contributed by atoms with E-state index in [4.69, 9.17) is 5.73 Å². The van der Waals surface area contributed by atoms with Gasteiger partial charge < -0.3 is 5.73 Å². The lowest BCUT2D eigenvalue weighted by Crippen LogP contribution is -1.95. The molecule has 1 aromatic carbocycles. The highest BCUT2D eigenvalue weighted by Gasteiger charge is 2.04. The van der Waals surface area contributed by atoms with Crippen molar-refractivity contribution in [2.24, 2.45) is 0 Å². The van der Waals surface area contributed by atoms with Crippen molar-refractivity contribution in [3.63, 3.8) is 0 Å². The summed E-state index contributed by atoms with van der Waals surface area (Å²) in [6, 6.07) is 6.35. The molecule has 0 aliphatic carbocycles. The molecule has 0 saturated carbocycles. The number of nitrogens with two attached hydrogens (primary N) is 1. The van der Waals surface area contributed by atoms with Crippen LogP contribution in [0.15, 0.2) is 30.5 Å². The third-order valence-electron chi connectivity index (χ3n) is 2.09. The van der Waals surface area contributed by atoms with E-state index in [1.807, 2.05) is 0 Å². The Balaban J connectivity index is 2.50. The van der Waals surface area contributed by atoms with Crippen LogP contribution in [0.1, 0.15) is 5.56 Å². The predicted molar refractivity (Wildman–Crippen MR) is 56.6 cm³/mol. The Hall–Kier alpha value is -1.97. The van der Waals surface area contributed by atoms with Crippen LogP contribution in [0, 0.1) is 12.7 Å². The molecule has 1 heterocycles. The predicted octanol–water partition coefficient (Wildman–Crippen LogP) is 2.17. The van der Waals surface area contributed by atoms with Crippen molar-refractivity contribution in [2.75, 3.05) is 5.73 Å². The fourth-order valence-corrected chi connectivity index (χ4v) is 1.30. The minimum atomic E-state index is -0.234. The quantitative estimate of drug-likeness (QED) is 0.772. The van der Waals surface area contributed by atoms with Gasteiger partial charge in [0.1, 0.15) is 11.6 Å². The van der Waals surface area contributed by atoms with Gasteiger partial charge in [0, 0.05) is 11.8 Å². The molecule has 4 heteroatoms. The summed E-state index contributed by atoms with van der Waals surface area (Å²) in [6.45, 7) is 1.70. The fraction of sp³-hybridized carbons (Fsp3) is 0.0909. The number of halogens is 1. The van der Waals surface area contributed by atoms with E-state index in [0.717, 1.165) is 5.56 Å². The molecule has 2 aromatic rings. The largest absolute Gasteiger partial charge is 0.384 e. The second kappa shape index (κ2) is 3.65. The zero-order valence-electron chi connectivity index (χ0n) is 8.24. The summed E-state index contributed by atoms with van der Waals surface area (Å²) in [5.41, 5.74) is 6.87. The summed E-state index contributed by atoms with van der Waals surface area (Å²) >= 11 is 0. The van der Waals surface area contributed by atoms with Gasteiger partial charge in [0.15, 0.2) is 5.82 Å². The van der Waals surface area contributed by atoms with Crippen LogP contribution >= 0.6 is 0 Å². The maximum absolute atomic E-state index is 13.0. The molecule has 0 saturated heterocycles. The van der Waals surface area contributed by atoms with Gasteiger partial charge in [0.2, 0.25) is 0 Å². The van der Waals surface area contributed by atoms with Gasteiger partial charge >= 0.3 is 0 Å². The molecule has 0 radical (unpaired) electrons. The SMILES string of the molecule is Cc1cc(-c2nccc(N)n2)ccc1F. The smallest absolute Gasteiger partial charge is 0.161 e. The van der Waals surface area contributed by atoms with Gasteiger partial charge in [-0.25, -0.2) is 14.4 Å². The Kier molecular flexibility index (Phi) is 2.33. The summed E-state index contributed by atoms with van der Waals surface area (Å²) in [5, 5.41) is 0. The van der Waals surface area contributed by atoms with E-state index in [0.29, 0.717) is 17.2 Å². The van der Waals surface area contributed by atoms with Gasteiger partial charge in [-0.15, -0.1) is 0 Å². The molecule has 15 heavy (non-hydrogen) atoms. The molecule has 76 valence electrons. The highest BCUT2D eigenvalue weighted by atomic mass is 19.1. The molecular weight excluding hydrogens is 193 g/mol. The lowest BCUT2D eigenvalue weighted by atomic mass is 10.1. The standard InChI is InChI=1S/C11H10FN3/c1-7-6-8(2-3-9(7)12)11-14-5-4-10(13)15-11/h2-6H,1H3,(H2,13,14,15). The van der Waals surface area contributed by atoms with Gasteiger partial charge in [-0.2, -0.15) is 0 Å². The van der Waals surface area contributed by atoms with E-state index in [-0.39, 0.29) is 5.82 Å². The maximum atomic E-state index is 13.0. The van der Waals surface area contributed by atoms with E-state index in [1.165, 1.54) is 6.07 Å². The maximum Gasteiger partial charge on any atom is 0.161 e.